The van der Waals surface area contributed by atoms with Crippen LogP contribution in [-0.4, -0.2) is 93.8 Å². The molecule has 0 aliphatic carbocycles. The summed E-state index contributed by atoms with van der Waals surface area (Å²) in [4.78, 5) is 31.9. The van der Waals surface area contributed by atoms with Crippen molar-refractivity contribution < 1.29 is 19.4 Å². The molecule has 2 aliphatic heterocycles. The van der Waals surface area contributed by atoms with Crippen molar-refractivity contribution in [1.82, 2.24) is 24.8 Å². The number of anilines is 2. The van der Waals surface area contributed by atoms with Crippen LogP contribution in [0.3, 0.4) is 0 Å². The lowest BCUT2D eigenvalue weighted by Crippen LogP contribution is -2.48. The highest BCUT2D eigenvalue weighted by Gasteiger charge is 2.29. The van der Waals surface area contributed by atoms with Crippen molar-refractivity contribution in [2.24, 2.45) is 5.92 Å². The van der Waals surface area contributed by atoms with Gasteiger partial charge in [-0.2, -0.15) is 0 Å². The zero-order chi connectivity index (χ0) is 27.8. The van der Waals surface area contributed by atoms with Gasteiger partial charge in [-0.05, 0) is 56.9 Å². The Morgan fingerprint density at radius 2 is 1.92 bits per heavy atom. The number of fused-ring (bicyclic) bond motifs is 1. The molecule has 1 saturated heterocycles. The van der Waals surface area contributed by atoms with Crippen LogP contribution in [0.25, 0.3) is 0 Å². The largest absolute Gasteiger partial charge is 0.394 e. The first-order valence-electron chi connectivity index (χ1n) is 14.1. The number of aryl methyl sites for hydroxylation is 1. The number of nitrogens with zero attached hydrogens (tertiary/aromatic N) is 6. The summed E-state index contributed by atoms with van der Waals surface area (Å²) in [5, 5.41) is 20.9. The zero-order valence-corrected chi connectivity index (χ0v) is 23.5. The molecule has 11 nitrogen and oxygen atoms in total. The Labute approximate surface area is 231 Å². The smallest absolute Gasteiger partial charge is 0.321 e. The molecule has 1 aromatic carbocycles. The van der Waals surface area contributed by atoms with Crippen molar-refractivity contribution in [3.63, 3.8) is 0 Å². The van der Waals surface area contributed by atoms with E-state index in [4.69, 9.17) is 4.74 Å². The number of aliphatic hydroxyl groups is 1. The molecule has 1 fully saturated rings. The number of amides is 3. The Morgan fingerprint density at radius 3 is 2.64 bits per heavy atom. The van der Waals surface area contributed by atoms with Gasteiger partial charge in [0.25, 0.3) is 0 Å². The summed E-state index contributed by atoms with van der Waals surface area (Å²) < 4.78 is 8.10. The number of urea groups is 1. The van der Waals surface area contributed by atoms with Crippen molar-refractivity contribution in [2.45, 2.75) is 71.2 Å². The molecular formula is C28H43N7O4. The van der Waals surface area contributed by atoms with Crippen LogP contribution in [0.15, 0.2) is 30.5 Å². The van der Waals surface area contributed by atoms with Crippen LogP contribution >= 0.6 is 0 Å². The minimum atomic E-state index is -0.355. The zero-order valence-electron chi connectivity index (χ0n) is 23.5. The van der Waals surface area contributed by atoms with Crippen LogP contribution in [-0.2, 0) is 22.7 Å². The molecular weight excluding hydrogens is 498 g/mol. The Morgan fingerprint density at radius 1 is 1.18 bits per heavy atom. The van der Waals surface area contributed by atoms with Crippen molar-refractivity contribution >= 4 is 23.3 Å². The maximum absolute atomic E-state index is 13.1. The van der Waals surface area contributed by atoms with E-state index in [1.807, 2.05) is 26.0 Å². The van der Waals surface area contributed by atoms with E-state index >= 15 is 0 Å². The molecule has 0 spiro atoms. The molecule has 2 aliphatic rings. The van der Waals surface area contributed by atoms with E-state index in [1.165, 1.54) is 24.9 Å². The highest BCUT2D eigenvalue weighted by atomic mass is 16.5. The number of hydrogen-bond donors (Lipinski definition) is 2. The van der Waals surface area contributed by atoms with Gasteiger partial charge < -0.3 is 29.9 Å². The summed E-state index contributed by atoms with van der Waals surface area (Å²) >= 11 is 0. The lowest BCUT2D eigenvalue weighted by atomic mass is 10.0. The standard InChI is InChI=1S/C28H43N7O4/c1-21-17-34(22(2)19-36)27(37)8-7-15-35-25(16-29-31-35)20-39-26(21)18-32(3)28(38)30-23-9-11-24(12-10-23)33-13-5-4-6-14-33/h9-12,16,21-22,26,36H,4-8,13-15,17-20H2,1-3H3,(H,30,38)/t21-,22-,26+/m0/s1. The molecule has 3 atom stereocenters. The van der Waals surface area contributed by atoms with Gasteiger partial charge in [-0.25, -0.2) is 9.48 Å². The minimum Gasteiger partial charge on any atom is -0.394 e. The third-order valence-electron chi connectivity index (χ3n) is 7.78. The molecule has 214 valence electrons. The van der Waals surface area contributed by atoms with Crippen molar-refractivity contribution in [1.29, 1.82) is 0 Å². The predicted molar refractivity (Wildman–Crippen MR) is 149 cm³/mol. The van der Waals surface area contributed by atoms with E-state index < -0.39 is 0 Å². The van der Waals surface area contributed by atoms with Crippen molar-refractivity contribution in [3.05, 3.63) is 36.2 Å². The van der Waals surface area contributed by atoms with Crippen LogP contribution in [0.1, 0.15) is 51.6 Å². The number of likely N-dealkylation sites (N-methyl/N-ethyl adjacent to an activating group) is 1. The SMILES string of the molecule is C[C@H]1CN([C@@H](C)CO)C(=O)CCCn2nncc2CO[C@@H]1CN(C)C(=O)Nc1ccc(N2CCCCC2)cc1. The Hall–Kier alpha value is -3.18. The molecule has 0 unspecified atom stereocenters. The summed E-state index contributed by atoms with van der Waals surface area (Å²) in [6, 6.07) is 7.47. The van der Waals surface area contributed by atoms with Gasteiger partial charge in [-0.3, -0.25) is 4.79 Å². The quantitative estimate of drug-likeness (QED) is 0.578. The van der Waals surface area contributed by atoms with Gasteiger partial charge in [0.05, 0.1) is 37.3 Å². The van der Waals surface area contributed by atoms with Crippen LogP contribution in [0, 0.1) is 5.92 Å². The van der Waals surface area contributed by atoms with Gasteiger partial charge >= 0.3 is 6.03 Å². The second kappa shape index (κ2) is 13.7. The summed E-state index contributed by atoms with van der Waals surface area (Å²) in [5.41, 5.74) is 2.76. The monoisotopic (exact) mass is 541 g/mol. The van der Waals surface area contributed by atoms with Crippen LogP contribution in [0.5, 0.6) is 0 Å². The van der Waals surface area contributed by atoms with E-state index in [2.05, 4.69) is 32.7 Å². The first-order valence-corrected chi connectivity index (χ1v) is 14.1. The molecule has 0 saturated carbocycles. The summed E-state index contributed by atoms with van der Waals surface area (Å²) in [7, 11) is 1.74. The summed E-state index contributed by atoms with van der Waals surface area (Å²) in [6.45, 7) is 7.52. The van der Waals surface area contributed by atoms with E-state index in [1.54, 1.807) is 27.7 Å². The van der Waals surface area contributed by atoms with E-state index in [-0.39, 0.29) is 36.6 Å². The molecule has 4 rings (SSSR count). The molecule has 0 bridgehead atoms. The van der Waals surface area contributed by atoms with Gasteiger partial charge in [0, 0.05) is 63.5 Å². The Kier molecular flexibility index (Phi) is 10.2. The molecule has 2 aromatic rings. The van der Waals surface area contributed by atoms with E-state index in [0.29, 0.717) is 39.1 Å². The summed E-state index contributed by atoms with van der Waals surface area (Å²) in [6.07, 6.45) is 6.04. The second-order valence-electron chi connectivity index (χ2n) is 10.9. The van der Waals surface area contributed by atoms with Crippen LogP contribution < -0.4 is 10.2 Å². The van der Waals surface area contributed by atoms with Crippen LogP contribution in [0.4, 0.5) is 16.2 Å². The number of aliphatic hydroxyl groups excluding tert-OH is 1. The lowest BCUT2D eigenvalue weighted by molar-refractivity contribution is -0.136. The lowest BCUT2D eigenvalue weighted by Gasteiger charge is -2.35. The number of carbonyl (C=O) groups excluding carboxylic acids is 2. The average molecular weight is 542 g/mol. The van der Waals surface area contributed by atoms with E-state index in [9.17, 15) is 14.7 Å². The molecule has 2 N–H and O–H groups in total. The Balaban J connectivity index is 1.43. The maximum atomic E-state index is 13.1. The fraction of sp³-hybridized carbons (Fsp3) is 0.643. The normalized spacial score (nSPS) is 21.9. The molecule has 3 amide bonds. The number of aromatic nitrogens is 3. The Bertz CT molecular complexity index is 1070. The van der Waals surface area contributed by atoms with Gasteiger partial charge in [-0.15, -0.1) is 5.10 Å². The average Bonchev–Trinajstić information content (AvgIpc) is 3.40. The predicted octanol–water partition coefficient (Wildman–Crippen LogP) is 2.96. The number of carbonyl (C=O) groups is 2. The fourth-order valence-corrected chi connectivity index (χ4v) is 5.23. The highest BCUT2D eigenvalue weighted by molar-refractivity contribution is 5.89. The molecule has 3 heterocycles. The van der Waals surface area contributed by atoms with Gasteiger partial charge in [0.15, 0.2) is 0 Å². The number of hydrogen-bond acceptors (Lipinski definition) is 7. The van der Waals surface area contributed by atoms with Crippen molar-refractivity contribution in [2.75, 3.05) is 50.1 Å². The maximum Gasteiger partial charge on any atom is 0.321 e. The number of piperidine rings is 1. The number of rotatable bonds is 6. The third-order valence-corrected chi connectivity index (χ3v) is 7.78. The molecule has 1 aromatic heterocycles. The topological polar surface area (TPSA) is 116 Å². The second-order valence-corrected chi connectivity index (χ2v) is 10.9. The van der Waals surface area contributed by atoms with Gasteiger partial charge in [0.2, 0.25) is 5.91 Å². The number of ether oxygens (including phenoxy) is 1. The molecule has 39 heavy (non-hydrogen) atoms. The minimum absolute atomic E-state index is 0.0107. The van der Waals surface area contributed by atoms with Gasteiger partial charge in [0.1, 0.15) is 0 Å². The fourth-order valence-electron chi connectivity index (χ4n) is 5.23. The van der Waals surface area contributed by atoms with Gasteiger partial charge in [-0.1, -0.05) is 12.1 Å². The highest BCUT2D eigenvalue weighted by Crippen LogP contribution is 2.23. The van der Waals surface area contributed by atoms with Crippen LogP contribution in [0.2, 0.25) is 0 Å². The summed E-state index contributed by atoms with van der Waals surface area (Å²) in [5.74, 6) is -0.103. The molecule has 0 radical (unpaired) electrons. The number of nitrogens with one attached hydrogen (secondary N) is 1. The van der Waals surface area contributed by atoms with Crippen molar-refractivity contribution in [3.8, 4) is 0 Å². The number of benzene rings is 1. The third kappa shape index (κ3) is 7.69. The molecule has 11 heteroatoms. The first kappa shape index (κ1) is 28.8. The van der Waals surface area contributed by atoms with E-state index in [0.717, 1.165) is 24.5 Å². The first-order chi connectivity index (χ1) is 18.9.